The number of carbonyl (C=O) groups is 2. The molecule has 0 spiro atoms. The first kappa shape index (κ1) is 16.9. The number of unbranched alkanes of at least 4 members (excludes halogenated alkanes) is 1. The third-order valence-electron chi connectivity index (χ3n) is 3.31. The van der Waals surface area contributed by atoms with E-state index in [0.717, 1.165) is 45.7 Å². The quantitative estimate of drug-likeness (QED) is 0.729. The molecule has 1 fully saturated rings. The molecular weight excluding hydrogens is 304 g/mol. The predicted molar refractivity (Wildman–Crippen MR) is 85.2 cm³/mol. The van der Waals surface area contributed by atoms with Gasteiger partial charge < -0.3 is 15.4 Å². The lowest BCUT2D eigenvalue weighted by atomic mass is 10.2. The Labute approximate surface area is 134 Å². The summed E-state index contributed by atoms with van der Waals surface area (Å²) >= 11 is 1.25. The van der Waals surface area contributed by atoms with Crippen molar-refractivity contribution in [1.29, 1.82) is 0 Å². The first-order valence-corrected chi connectivity index (χ1v) is 8.34. The molecule has 0 unspecified atom stereocenters. The fourth-order valence-electron chi connectivity index (χ4n) is 2.16. The fraction of sp³-hybridized carbons (Fsp3) is 0.643. The first-order chi connectivity index (χ1) is 10.6. The van der Waals surface area contributed by atoms with Crippen LogP contribution in [0.25, 0.3) is 0 Å². The molecule has 7 nitrogen and oxygen atoms in total. The van der Waals surface area contributed by atoms with Gasteiger partial charge in [0.2, 0.25) is 5.91 Å². The van der Waals surface area contributed by atoms with E-state index in [1.807, 2.05) is 0 Å². The Kier molecular flexibility index (Phi) is 6.75. The van der Waals surface area contributed by atoms with Crippen molar-refractivity contribution in [3.05, 3.63) is 11.1 Å². The van der Waals surface area contributed by atoms with Crippen LogP contribution in [0.5, 0.6) is 0 Å². The number of ether oxygens (including phenoxy) is 1. The monoisotopic (exact) mass is 326 g/mol. The molecule has 2 N–H and O–H groups in total. The Hall–Kier alpha value is -1.51. The maximum atomic E-state index is 11.9. The molecule has 1 aromatic rings. The average molecular weight is 326 g/mol. The first-order valence-electron chi connectivity index (χ1n) is 7.46. The summed E-state index contributed by atoms with van der Waals surface area (Å²) < 4.78 is 5.30. The van der Waals surface area contributed by atoms with E-state index in [-0.39, 0.29) is 11.8 Å². The van der Waals surface area contributed by atoms with E-state index in [1.54, 1.807) is 5.38 Å². The van der Waals surface area contributed by atoms with Gasteiger partial charge in [0.05, 0.1) is 13.2 Å². The lowest BCUT2D eigenvalue weighted by molar-refractivity contribution is -0.114. The summed E-state index contributed by atoms with van der Waals surface area (Å²) in [6, 6.07) is 0. The maximum Gasteiger partial charge on any atom is 0.270 e. The van der Waals surface area contributed by atoms with E-state index in [4.69, 9.17) is 4.74 Å². The van der Waals surface area contributed by atoms with Gasteiger partial charge in [0.15, 0.2) is 5.13 Å². The predicted octanol–water partition coefficient (Wildman–Crippen LogP) is 0.944. The molecule has 2 heterocycles. The Bertz CT molecular complexity index is 500. The Balaban J connectivity index is 1.60. The second kappa shape index (κ2) is 8.82. The van der Waals surface area contributed by atoms with Gasteiger partial charge in [0.1, 0.15) is 5.69 Å². The van der Waals surface area contributed by atoms with Crippen LogP contribution < -0.4 is 10.6 Å². The standard InChI is InChI=1S/C14H22N4O3S/c1-11(19)16-14-17-12(10-22-14)13(20)15-4-2-3-5-18-6-8-21-9-7-18/h10H,2-9H2,1H3,(H,15,20)(H,16,17,19). The second-order valence-electron chi connectivity index (χ2n) is 5.14. The van der Waals surface area contributed by atoms with Gasteiger partial charge in [0.25, 0.3) is 5.91 Å². The number of rotatable bonds is 7. The van der Waals surface area contributed by atoms with Crippen molar-refractivity contribution < 1.29 is 14.3 Å². The number of nitrogens with one attached hydrogen (secondary N) is 2. The van der Waals surface area contributed by atoms with Crippen molar-refractivity contribution in [3.63, 3.8) is 0 Å². The minimum Gasteiger partial charge on any atom is -0.379 e. The van der Waals surface area contributed by atoms with Gasteiger partial charge >= 0.3 is 0 Å². The van der Waals surface area contributed by atoms with Crippen molar-refractivity contribution in [1.82, 2.24) is 15.2 Å². The van der Waals surface area contributed by atoms with E-state index in [2.05, 4.69) is 20.5 Å². The molecular formula is C14H22N4O3S. The summed E-state index contributed by atoms with van der Waals surface area (Å²) in [4.78, 5) is 29.3. The van der Waals surface area contributed by atoms with Crippen molar-refractivity contribution in [3.8, 4) is 0 Å². The highest BCUT2D eigenvalue weighted by atomic mass is 32.1. The summed E-state index contributed by atoms with van der Waals surface area (Å²) in [5, 5.41) is 7.51. The summed E-state index contributed by atoms with van der Waals surface area (Å²) in [5.41, 5.74) is 0.349. The number of nitrogens with zero attached hydrogens (tertiary/aromatic N) is 2. The minimum atomic E-state index is -0.195. The Morgan fingerprint density at radius 3 is 2.86 bits per heavy atom. The zero-order chi connectivity index (χ0) is 15.8. The number of anilines is 1. The van der Waals surface area contributed by atoms with Gasteiger partial charge in [-0.05, 0) is 19.4 Å². The highest BCUT2D eigenvalue weighted by Crippen LogP contribution is 2.15. The van der Waals surface area contributed by atoms with Crippen LogP contribution in [0, 0.1) is 0 Å². The molecule has 2 rings (SSSR count). The van der Waals surface area contributed by atoms with Gasteiger partial charge in [-0.15, -0.1) is 11.3 Å². The van der Waals surface area contributed by atoms with Crippen LogP contribution in [0.15, 0.2) is 5.38 Å². The zero-order valence-corrected chi connectivity index (χ0v) is 13.6. The van der Waals surface area contributed by atoms with E-state index in [9.17, 15) is 9.59 Å². The van der Waals surface area contributed by atoms with E-state index in [0.29, 0.717) is 17.4 Å². The number of hydrogen-bond acceptors (Lipinski definition) is 6. The van der Waals surface area contributed by atoms with Crippen LogP contribution in [-0.2, 0) is 9.53 Å². The molecule has 0 aliphatic carbocycles. The van der Waals surface area contributed by atoms with Crippen LogP contribution in [0.1, 0.15) is 30.3 Å². The van der Waals surface area contributed by atoms with Gasteiger partial charge in [0, 0.05) is 31.9 Å². The lowest BCUT2D eigenvalue weighted by Crippen LogP contribution is -2.37. The molecule has 2 amide bonds. The lowest BCUT2D eigenvalue weighted by Gasteiger charge is -2.26. The number of carbonyl (C=O) groups excluding carboxylic acids is 2. The van der Waals surface area contributed by atoms with Crippen LogP contribution >= 0.6 is 11.3 Å². The smallest absolute Gasteiger partial charge is 0.270 e. The van der Waals surface area contributed by atoms with E-state index < -0.39 is 0 Å². The second-order valence-corrected chi connectivity index (χ2v) is 5.99. The molecule has 122 valence electrons. The average Bonchev–Trinajstić information content (AvgIpc) is 2.95. The molecule has 22 heavy (non-hydrogen) atoms. The largest absolute Gasteiger partial charge is 0.379 e. The topological polar surface area (TPSA) is 83.6 Å². The third-order valence-corrected chi connectivity index (χ3v) is 4.07. The maximum absolute atomic E-state index is 11.9. The third kappa shape index (κ3) is 5.70. The normalized spacial score (nSPS) is 15.5. The van der Waals surface area contributed by atoms with E-state index in [1.165, 1.54) is 18.3 Å². The number of amides is 2. The van der Waals surface area contributed by atoms with Crippen LogP contribution in [0.3, 0.4) is 0 Å². The number of morpholine rings is 1. The Morgan fingerprint density at radius 2 is 2.14 bits per heavy atom. The molecule has 1 aliphatic heterocycles. The number of aromatic nitrogens is 1. The molecule has 1 aromatic heterocycles. The Morgan fingerprint density at radius 1 is 1.36 bits per heavy atom. The van der Waals surface area contributed by atoms with Crippen molar-refractivity contribution in [2.75, 3.05) is 44.7 Å². The van der Waals surface area contributed by atoms with Crippen molar-refractivity contribution in [2.45, 2.75) is 19.8 Å². The number of thiazole rings is 1. The molecule has 1 aliphatic rings. The van der Waals surface area contributed by atoms with Gasteiger partial charge in [-0.25, -0.2) is 4.98 Å². The van der Waals surface area contributed by atoms with E-state index >= 15 is 0 Å². The molecule has 0 bridgehead atoms. The molecule has 0 aromatic carbocycles. The van der Waals surface area contributed by atoms with Crippen LogP contribution in [-0.4, -0.2) is 61.1 Å². The summed E-state index contributed by atoms with van der Waals surface area (Å²) in [7, 11) is 0. The minimum absolute atomic E-state index is 0.190. The summed E-state index contributed by atoms with van der Waals surface area (Å²) in [6.45, 7) is 6.72. The highest BCUT2D eigenvalue weighted by molar-refractivity contribution is 7.14. The summed E-state index contributed by atoms with van der Waals surface area (Å²) in [6.07, 6.45) is 1.99. The van der Waals surface area contributed by atoms with Gasteiger partial charge in [-0.3, -0.25) is 14.5 Å². The molecule has 0 atom stereocenters. The van der Waals surface area contributed by atoms with Crippen LogP contribution in [0.2, 0.25) is 0 Å². The molecule has 8 heteroatoms. The molecule has 1 saturated heterocycles. The van der Waals surface area contributed by atoms with Gasteiger partial charge in [-0.2, -0.15) is 0 Å². The fourth-order valence-corrected chi connectivity index (χ4v) is 2.90. The molecule has 0 saturated carbocycles. The SMILES string of the molecule is CC(=O)Nc1nc(C(=O)NCCCCN2CCOCC2)cs1. The van der Waals surface area contributed by atoms with Gasteiger partial charge in [-0.1, -0.05) is 0 Å². The highest BCUT2D eigenvalue weighted by Gasteiger charge is 2.11. The summed E-state index contributed by atoms with van der Waals surface area (Å²) in [5.74, 6) is -0.386. The van der Waals surface area contributed by atoms with Crippen LogP contribution in [0.4, 0.5) is 5.13 Å². The molecule has 0 radical (unpaired) electrons. The van der Waals surface area contributed by atoms with Crippen molar-refractivity contribution in [2.24, 2.45) is 0 Å². The zero-order valence-electron chi connectivity index (χ0n) is 12.8. The number of hydrogen-bond donors (Lipinski definition) is 2. The van der Waals surface area contributed by atoms with Crippen molar-refractivity contribution >= 4 is 28.3 Å².